The molecule has 2 aliphatic heterocycles. The van der Waals surface area contributed by atoms with Crippen LogP contribution in [0, 0.1) is 0 Å². The summed E-state index contributed by atoms with van der Waals surface area (Å²) in [6, 6.07) is 1.22. The number of piperidine rings is 1. The first-order chi connectivity index (χ1) is 9.33. The average molecular weight is 300 g/mol. The molecule has 2 rings (SSSR count). The first-order valence-electron chi connectivity index (χ1n) is 7.69. The number of hydrogen-bond acceptors (Lipinski definition) is 4. The van der Waals surface area contributed by atoms with E-state index in [0.29, 0.717) is 12.1 Å². The van der Waals surface area contributed by atoms with Crippen molar-refractivity contribution in [1.29, 1.82) is 0 Å². The predicted molar refractivity (Wildman–Crippen MR) is 84.3 cm³/mol. The molecule has 0 aromatic rings. The zero-order valence-electron chi connectivity index (χ0n) is 13.1. The maximum absolute atomic E-state index is 12.0. The molecule has 20 heavy (non-hydrogen) atoms. The van der Waals surface area contributed by atoms with Crippen LogP contribution in [0.4, 0.5) is 4.79 Å². The van der Waals surface area contributed by atoms with Gasteiger partial charge >= 0.3 is 6.09 Å². The first kappa shape index (κ1) is 16.0. The number of nitrogens with zero attached hydrogens (tertiary/aromatic N) is 1. The number of thioether (sulfide) groups is 1. The zero-order valence-corrected chi connectivity index (χ0v) is 14.0. The second-order valence-electron chi connectivity index (χ2n) is 6.98. The molecule has 0 spiro atoms. The fraction of sp³-hybridized carbons (Fsp3) is 0.933. The summed E-state index contributed by atoms with van der Waals surface area (Å²) in [5.41, 5.74) is -0.399. The van der Waals surface area contributed by atoms with Gasteiger partial charge in [-0.15, -0.1) is 0 Å². The molecule has 4 nitrogen and oxygen atoms in total. The monoisotopic (exact) mass is 300 g/mol. The lowest BCUT2D eigenvalue weighted by Gasteiger charge is -2.34. The highest BCUT2D eigenvalue weighted by Gasteiger charge is 2.29. The molecule has 5 heteroatoms. The Labute approximate surface area is 127 Å². The zero-order chi connectivity index (χ0) is 14.8. The van der Waals surface area contributed by atoms with E-state index in [1.54, 1.807) is 0 Å². The number of amides is 1. The number of nitrogens with one attached hydrogen (secondary N) is 1. The second kappa shape index (κ2) is 6.56. The molecular weight excluding hydrogens is 272 g/mol. The van der Waals surface area contributed by atoms with Crippen molar-refractivity contribution in [2.75, 3.05) is 18.8 Å². The van der Waals surface area contributed by atoms with Gasteiger partial charge in [0.05, 0.1) is 0 Å². The summed E-state index contributed by atoms with van der Waals surface area (Å²) in [6.07, 6.45) is 3.18. The molecule has 0 aromatic carbocycles. The van der Waals surface area contributed by atoms with Gasteiger partial charge in [0.25, 0.3) is 0 Å². The van der Waals surface area contributed by atoms with Crippen LogP contribution in [0.3, 0.4) is 0 Å². The normalized spacial score (nSPS) is 28.7. The third-order valence-corrected chi connectivity index (χ3v) is 5.17. The van der Waals surface area contributed by atoms with Crippen LogP contribution in [0.15, 0.2) is 0 Å². The smallest absolute Gasteiger partial charge is 0.410 e. The lowest BCUT2D eigenvalue weighted by Crippen LogP contribution is -2.48. The molecule has 2 atom stereocenters. The number of carbonyl (C=O) groups is 1. The number of rotatable bonds is 2. The number of carbonyl (C=O) groups excluding carboxylic acids is 1. The minimum atomic E-state index is -0.399. The summed E-state index contributed by atoms with van der Waals surface area (Å²) in [4.78, 5) is 13.8. The molecule has 116 valence electrons. The van der Waals surface area contributed by atoms with E-state index in [4.69, 9.17) is 4.74 Å². The molecule has 0 aromatic heterocycles. The molecule has 2 aliphatic rings. The SMILES string of the molecule is CC1CC(NC2CCN(C(=O)OC(C)(C)C)CC2)CS1. The van der Waals surface area contributed by atoms with Crippen LogP contribution in [-0.4, -0.2) is 52.8 Å². The van der Waals surface area contributed by atoms with Crippen LogP contribution in [0.25, 0.3) is 0 Å². The van der Waals surface area contributed by atoms with Gasteiger partial charge in [0.1, 0.15) is 5.60 Å². The Morgan fingerprint density at radius 1 is 1.25 bits per heavy atom. The fourth-order valence-corrected chi connectivity index (χ4v) is 3.98. The highest BCUT2D eigenvalue weighted by atomic mass is 32.2. The average Bonchev–Trinajstić information content (AvgIpc) is 2.73. The fourth-order valence-electron chi connectivity index (χ4n) is 2.82. The van der Waals surface area contributed by atoms with E-state index in [9.17, 15) is 4.79 Å². The molecule has 2 heterocycles. The van der Waals surface area contributed by atoms with Crippen LogP contribution >= 0.6 is 11.8 Å². The summed E-state index contributed by atoms with van der Waals surface area (Å²) in [5, 5.41) is 4.54. The Hall–Kier alpha value is -0.420. The van der Waals surface area contributed by atoms with E-state index in [0.717, 1.165) is 31.2 Å². The maximum atomic E-state index is 12.0. The van der Waals surface area contributed by atoms with E-state index < -0.39 is 5.60 Å². The molecule has 2 unspecified atom stereocenters. The van der Waals surface area contributed by atoms with Gasteiger partial charge in [-0.05, 0) is 40.0 Å². The maximum Gasteiger partial charge on any atom is 0.410 e. The van der Waals surface area contributed by atoms with Crippen LogP contribution in [0.1, 0.15) is 47.0 Å². The number of likely N-dealkylation sites (tertiary alicyclic amines) is 1. The molecule has 2 fully saturated rings. The summed E-state index contributed by atoms with van der Waals surface area (Å²) < 4.78 is 5.42. The van der Waals surface area contributed by atoms with Crippen molar-refractivity contribution in [3.8, 4) is 0 Å². The molecule has 2 saturated heterocycles. The molecule has 0 aliphatic carbocycles. The molecular formula is C15H28N2O2S. The van der Waals surface area contributed by atoms with Gasteiger partial charge in [-0.2, -0.15) is 11.8 Å². The number of hydrogen-bond donors (Lipinski definition) is 1. The number of ether oxygens (including phenoxy) is 1. The van der Waals surface area contributed by atoms with Crippen molar-refractivity contribution in [2.24, 2.45) is 0 Å². The van der Waals surface area contributed by atoms with E-state index in [1.165, 1.54) is 12.2 Å². The van der Waals surface area contributed by atoms with Crippen molar-refractivity contribution >= 4 is 17.9 Å². The summed E-state index contributed by atoms with van der Waals surface area (Å²) in [7, 11) is 0. The molecule has 0 radical (unpaired) electrons. The van der Waals surface area contributed by atoms with Gasteiger partial charge in [-0.25, -0.2) is 4.79 Å². The lowest BCUT2D eigenvalue weighted by molar-refractivity contribution is 0.0196. The van der Waals surface area contributed by atoms with Crippen molar-refractivity contribution in [1.82, 2.24) is 10.2 Å². The van der Waals surface area contributed by atoms with Gasteiger partial charge in [0.2, 0.25) is 0 Å². The van der Waals surface area contributed by atoms with Crippen molar-refractivity contribution < 1.29 is 9.53 Å². The van der Waals surface area contributed by atoms with Crippen molar-refractivity contribution in [3.63, 3.8) is 0 Å². The van der Waals surface area contributed by atoms with Gasteiger partial charge in [-0.3, -0.25) is 0 Å². The van der Waals surface area contributed by atoms with Crippen LogP contribution < -0.4 is 5.32 Å². The van der Waals surface area contributed by atoms with E-state index in [2.05, 4.69) is 24.0 Å². The summed E-state index contributed by atoms with van der Waals surface area (Å²) in [6.45, 7) is 9.66. The second-order valence-corrected chi connectivity index (χ2v) is 8.46. The van der Waals surface area contributed by atoms with Crippen LogP contribution in [0.5, 0.6) is 0 Å². The minimum absolute atomic E-state index is 0.166. The quantitative estimate of drug-likeness (QED) is 0.851. The Balaban J connectivity index is 1.71. The summed E-state index contributed by atoms with van der Waals surface area (Å²) in [5.74, 6) is 1.23. The molecule has 1 N–H and O–H groups in total. The highest BCUT2D eigenvalue weighted by Crippen LogP contribution is 2.27. The van der Waals surface area contributed by atoms with Gasteiger partial charge in [-0.1, -0.05) is 6.92 Å². The molecule has 0 bridgehead atoms. The highest BCUT2D eigenvalue weighted by molar-refractivity contribution is 8.00. The molecule has 1 amide bonds. The first-order valence-corrected chi connectivity index (χ1v) is 8.74. The van der Waals surface area contributed by atoms with Crippen LogP contribution in [0.2, 0.25) is 0 Å². The Bertz CT molecular complexity index is 335. The minimum Gasteiger partial charge on any atom is -0.444 e. The van der Waals surface area contributed by atoms with E-state index in [-0.39, 0.29) is 6.09 Å². The van der Waals surface area contributed by atoms with Gasteiger partial charge < -0.3 is 15.0 Å². The lowest BCUT2D eigenvalue weighted by atomic mass is 10.0. The standard InChI is InChI=1S/C15H28N2O2S/c1-11-9-13(10-20-11)16-12-5-7-17(8-6-12)14(18)19-15(2,3)4/h11-13,16H,5-10H2,1-4H3. The van der Waals surface area contributed by atoms with Crippen LogP contribution in [-0.2, 0) is 4.74 Å². The van der Waals surface area contributed by atoms with Crippen molar-refractivity contribution in [2.45, 2.75) is 69.9 Å². The summed E-state index contributed by atoms with van der Waals surface area (Å²) >= 11 is 2.06. The third-order valence-electron chi connectivity index (χ3n) is 3.82. The third kappa shape index (κ3) is 4.85. The van der Waals surface area contributed by atoms with Crippen molar-refractivity contribution in [3.05, 3.63) is 0 Å². The largest absolute Gasteiger partial charge is 0.444 e. The van der Waals surface area contributed by atoms with E-state index >= 15 is 0 Å². The molecule has 0 saturated carbocycles. The topological polar surface area (TPSA) is 41.6 Å². The van der Waals surface area contributed by atoms with Gasteiger partial charge in [0.15, 0.2) is 0 Å². The predicted octanol–water partition coefficient (Wildman–Crippen LogP) is 2.87. The van der Waals surface area contributed by atoms with Gasteiger partial charge in [0, 0.05) is 36.2 Å². The Morgan fingerprint density at radius 3 is 2.40 bits per heavy atom. The Kier molecular flexibility index (Phi) is 5.24. The Morgan fingerprint density at radius 2 is 1.90 bits per heavy atom. The van der Waals surface area contributed by atoms with E-state index in [1.807, 2.05) is 25.7 Å².